The Labute approximate surface area is 92.9 Å². The molecule has 0 saturated heterocycles. The quantitative estimate of drug-likeness (QED) is 0.699. The van der Waals surface area contributed by atoms with Crippen LogP contribution in [0.25, 0.3) is 0 Å². The number of rotatable bonds is 7. The van der Waals surface area contributed by atoms with E-state index in [1.807, 2.05) is 13.2 Å². The van der Waals surface area contributed by atoms with Gasteiger partial charge in [-0.05, 0) is 39.8 Å². The first-order chi connectivity index (χ1) is 7.29. The molecule has 0 spiro atoms. The van der Waals surface area contributed by atoms with Crippen molar-refractivity contribution in [3.05, 3.63) is 18.2 Å². The molecule has 1 N–H and O–H groups in total. The van der Waals surface area contributed by atoms with Crippen molar-refractivity contribution in [2.75, 3.05) is 13.6 Å². The second-order valence-electron chi connectivity index (χ2n) is 4.10. The number of aromatic nitrogens is 2. The van der Waals surface area contributed by atoms with Crippen molar-refractivity contribution in [3.63, 3.8) is 0 Å². The minimum absolute atomic E-state index is 0.572. The number of nitrogens with zero attached hydrogens (tertiary/aromatic N) is 2. The molecule has 0 radical (unpaired) electrons. The summed E-state index contributed by atoms with van der Waals surface area (Å²) in [6.45, 7) is 5.57. The maximum Gasteiger partial charge on any atom is 0.108 e. The molecule has 86 valence electrons. The zero-order valence-electron chi connectivity index (χ0n) is 10.2. The van der Waals surface area contributed by atoms with Gasteiger partial charge in [0.15, 0.2) is 0 Å². The normalized spacial score (nSPS) is 13.0. The van der Waals surface area contributed by atoms with E-state index in [0.29, 0.717) is 6.04 Å². The van der Waals surface area contributed by atoms with E-state index in [-0.39, 0.29) is 0 Å². The van der Waals surface area contributed by atoms with Gasteiger partial charge in [0.25, 0.3) is 0 Å². The second-order valence-corrected chi connectivity index (χ2v) is 4.10. The maximum atomic E-state index is 4.40. The highest BCUT2D eigenvalue weighted by Crippen LogP contribution is 2.15. The van der Waals surface area contributed by atoms with E-state index < -0.39 is 0 Å². The summed E-state index contributed by atoms with van der Waals surface area (Å²) < 4.78 is 2.32. The topological polar surface area (TPSA) is 29.9 Å². The summed E-state index contributed by atoms with van der Waals surface area (Å²) in [6.07, 6.45) is 8.72. The van der Waals surface area contributed by atoms with Gasteiger partial charge in [0.05, 0.1) is 0 Å². The van der Waals surface area contributed by atoms with Crippen molar-refractivity contribution in [1.82, 2.24) is 14.9 Å². The molecule has 0 saturated carbocycles. The molecule has 3 heteroatoms. The Morgan fingerprint density at radius 1 is 1.53 bits per heavy atom. The molecule has 0 fully saturated rings. The molecule has 1 aromatic heterocycles. The first-order valence-corrected chi connectivity index (χ1v) is 5.95. The highest BCUT2D eigenvalue weighted by atomic mass is 15.1. The minimum atomic E-state index is 0.572. The maximum absolute atomic E-state index is 4.40. The molecule has 0 aliphatic heterocycles. The van der Waals surface area contributed by atoms with Crippen LogP contribution in [-0.2, 0) is 6.42 Å². The summed E-state index contributed by atoms with van der Waals surface area (Å²) in [5.74, 6) is 1.23. The van der Waals surface area contributed by atoms with Crippen molar-refractivity contribution in [2.45, 2.75) is 45.6 Å². The summed E-state index contributed by atoms with van der Waals surface area (Å²) >= 11 is 0. The first kappa shape index (κ1) is 12.2. The molecular weight excluding hydrogens is 186 g/mol. The standard InChI is InChI=1S/C12H23N3/c1-4-6-12-14-9-10-15(12)11(2)7-5-8-13-3/h9-11,13H,4-8H2,1-3H3. The zero-order valence-corrected chi connectivity index (χ0v) is 10.2. The fourth-order valence-corrected chi connectivity index (χ4v) is 1.88. The van der Waals surface area contributed by atoms with Crippen LogP contribution in [-0.4, -0.2) is 23.1 Å². The third kappa shape index (κ3) is 3.67. The number of aryl methyl sites for hydroxylation is 1. The lowest BCUT2D eigenvalue weighted by molar-refractivity contribution is 0.466. The van der Waals surface area contributed by atoms with Gasteiger partial charge in [0.2, 0.25) is 0 Å². The van der Waals surface area contributed by atoms with Crippen LogP contribution in [0.3, 0.4) is 0 Å². The summed E-state index contributed by atoms with van der Waals surface area (Å²) in [4.78, 5) is 4.40. The number of nitrogens with one attached hydrogen (secondary N) is 1. The van der Waals surface area contributed by atoms with Crippen LogP contribution in [0, 0.1) is 0 Å². The third-order valence-electron chi connectivity index (χ3n) is 2.75. The number of imidazole rings is 1. The van der Waals surface area contributed by atoms with E-state index in [1.54, 1.807) is 0 Å². The smallest absolute Gasteiger partial charge is 0.108 e. The summed E-state index contributed by atoms with van der Waals surface area (Å²) in [5, 5.41) is 3.18. The van der Waals surface area contributed by atoms with Gasteiger partial charge in [0, 0.05) is 24.9 Å². The third-order valence-corrected chi connectivity index (χ3v) is 2.75. The van der Waals surface area contributed by atoms with Gasteiger partial charge in [-0.25, -0.2) is 4.98 Å². The van der Waals surface area contributed by atoms with Crippen molar-refractivity contribution in [3.8, 4) is 0 Å². The Morgan fingerprint density at radius 2 is 2.33 bits per heavy atom. The lowest BCUT2D eigenvalue weighted by atomic mass is 10.1. The largest absolute Gasteiger partial charge is 0.332 e. The molecule has 0 aliphatic carbocycles. The molecule has 3 nitrogen and oxygen atoms in total. The molecule has 0 aliphatic rings. The Morgan fingerprint density at radius 3 is 3.00 bits per heavy atom. The molecule has 1 unspecified atom stereocenters. The fourth-order valence-electron chi connectivity index (χ4n) is 1.88. The molecule has 1 atom stereocenters. The lowest BCUT2D eigenvalue weighted by Gasteiger charge is -2.16. The number of hydrogen-bond acceptors (Lipinski definition) is 2. The Hall–Kier alpha value is -0.830. The van der Waals surface area contributed by atoms with Crippen molar-refractivity contribution in [1.29, 1.82) is 0 Å². The fraction of sp³-hybridized carbons (Fsp3) is 0.750. The molecule has 0 aromatic carbocycles. The lowest BCUT2D eigenvalue weighted by Crippen LogP contribution is -2.12. The van der Waals surface area contributed by atoms with Gasteiger partial charge in [-0.2, -0.15) is 0 Å². The van der Waals surface area contributed by atoms with Crippen LogP contribution in [0.15, 0.2) is 12.4 Å². The second kappa shape index (κ2) is 6.62. The van der Waals surface area contributed by atoms with E-state index in [1.165, 1.54) is 25.1 Å². The Bertz CT molecular complexity index is 268. The molecule has 0 bridgehead atoms. The SMILES string of the molecule is CCCc1nccn1C(C)CCCNC. The van der Waals surface area contributed by atoms with E-state index >= 15 is 0 Å². The van der Waals surface area contributed by atoms with Crippen molar-refractivity contribution >= 4 is 0 Å². The van der Waals surface area contributed by atoms with Crippen molar-refractivity contribution in [2.24, 2.45) is 0 Å². The van der Waals surface area contributed by atoms with Gasteiger partial charge in [-0.1, -0.05) is 6.92 Å². The van der Waals surface area contributed by atoms with Crippen LogP contribution >= 0.6 is 0 Å². The first-order valence-electron chi connectivity index (χ1n) is 5.95. The molecular formula is C12H23N3. The zero-order chi connectivity index (χ0) is 11.1. The Kier molecular flexibility index (Phi) is 5.40. The molecule has 1 rings (SSSR count). The minimum Gasteiger partial charge on any atom is -0.332 e. The van der Waals surface area contributed by atoms with Gasteiger partial charge in [-0.3, -0.25) is 0 Å². The summed E-state index contributed by atoms with van der Waals surface area (Å²) in [7, 11) is 2.00. The van der Waals surface area contributed by atoms with E-state index in [0.717, 1.165) is 13.0 Å². The van der Waals surface area contributed by atoms with Crippen molar-refractivity contribution < 1.29 is 0 Å². The van der Waals surface area contributed by atoms with Crippen LogP contribution in [0.2, 0.25) is 0 Å². The van der Waals surface area contributed by atoms with Crippen LogP contribution < -0.4 is 5.32 Å². The average Bonchev–Trinajstić information content (AvgIpc) is 2.67. The average molecular weight is 209 g/mol. The van der Waals surface area contributed by atoms with Gasteiger partial charge >= 0.3 is 0 Å². The van der Waals surface area contributed by atoms with E-state index in [4.69, 9.17) is 0 Å². The van der Waals surface area contributed by atoms with Crippen LogP contribution in [0.1, 0.15) is 45.0 Å². The monoisotopic (exact) mass is 209 g/mol. The van der Waals surface area contributed by atoms with Crippen LogP contribution in [0.5, 0.6) is 0 Å². The summed E-state index contributed by atoms with van der Waals surface area (Å²) in [6, 6.07) is 0.572. The number of hydrogen-bond donors (Lipinski definition) is 1. The highest BCUT2D eigenvalue weighted by molar-refractivity contribution is 4.94. The molecule has 1 aromatic rings. The van der Waals surface area contributed by atoms with Crippen LogP contribution in [0.4, 0.5) is 0 Å². The van der Waals surface area contributed by atoms with Gasteiger partial charge in [0.1, 0.15) is 5.82 Å². The Balaban J connectivity index is 2.48. The predicted octanol–water partition coefficient (Wildman–Crippen LogP) is 2.40. The molecule has 15 heavy (non-hydrogen) atoms. The van der Waals surface area contributed by atoms with E-state index in [2.05, 4.69) is 34.9 Å². The van der Waals surface area contributed by atoms with E-state index in [9.17, 15) is 0 Å². The molecule has 0 amide bonds. The van der Waals surface area contributed by atoms with Gasteiger partial charge < -0.3 is 9.88 Å². The van der Waals surface area contributed by atoms with Gasteiger partial charge in [-0.15, -0.1) is 0 Å². The highest BCUT2D eigenvalue weighted by Gasteiger charge is 2.08. The summed E-state index contributed by atoms with van der Waals surface area (Å²) in [5.41, 5.74) is 0. The predicted molar refractivity (Wildman–Crippen MR) is 64.1 cm³/mol. The molecule has 1 heterocycles.